The fourth-order valence-electron chi connectivity index (χ4n) is 1.81. The molecule has 6 heteroatoms. The van der Waals surface area contributed by atoms with Crippen molar-refractivity contribution >= 4 is 65.2 Å². The molecule has 0 bridgehead atoms. The Balaban J connectivity index is 2.40. The molecular formula is C15H10Br3ClO2. The lowest BCUT2D eigenvalue weighted by molar-refractivity contribution is 0.103. The first kappa shape index (κ1) is 17.0. The van der Waals surface area contributed by atoms with Crippen LogP contribution < -0.4 is 4.74 Å². The standard InChI is InChI=1S/C15H10Br3ClO2/c1-21-13-7-8(3-5-12(13)19)14(20)10-4-2-9(15(17)18)6-11(10)16/h2-7,15H,1H3. The van der Waals surface area contributed by atoms with Gasteiger partial charge in [-0.2, -0.15) is 0 Å². The van der Waals surface area contributed by atoms with Crippen LogP contribution in [0.4, 0.5) is 0 Å². The van der Waals surface area contributed by atoms with Gasteiger partial charge in [0.15, 0.2) is 5.78 Å². The fraction of sp³-hybridized carbons (Fsp3) is 0.133. The molecule has 0 aromatic heterocycles. The SMILES string of the molecule is COc1cc(C(=O)c2ccc(C(Br)Br)cc2Br)ccc1Cl. The number of benzene rings is 2. The van der Waals surface area contributed by atoms with Gasteiger partial charge in [0.2, 0.25) is 0 Å². The van der Waals surface area contributed by atoms with Crippen LogP contribution in [0.25, 0.3) is 0 Å². The molecule has 0 unspecified atom stereocenters. The molecule has 0 spiro atoms. The number of halogens is 4. The number of carbonyl (C=O) groups excluding carboxylic acids is 1. The minimum atomic E-state index is -0.0934. The highest BCUT2D eigenvalue weighted by Crippen LogP contribution is 2.33. The maximum atomic E-state index is 12.6. The van der Waals surface area contributed by atoms with Crippen molar-refractivity contribution in [2.45, 2.75) is 3.74 Å². The van der Waals surface area contributed by atoms with Crippen molar-refractivity contribution in [2.75, 3.05) is 7.11 Å². The second kappa shape index (κ2) is 7.27. The van der Waals surface area contributed by atoms with E-state index >= 15 is 0 Å². The van der Waals surface area contributed by atoms with Gasteiger partial charge in [0, 0.05) is 15.6 Å². The molecule has 2 aromatic carbocycles. The monoisotopic (exact) mass is 494 g/mol. The molecule has 0 aliphatic heterocycles. The summed E-state index contributed by atoms with van der Waals surface area (Å²) in [6.07, 6.45) is 0. The predicted octanol–water partition coefficient (Wildman–Crippen LogP) is 6.13. The van der Waals surface area contributed by atoms with Crippen LogP contribution in [0.3, 0.4) is 0 Å². The van der Waals surface area contributed by atoms with E-state index in [4.69, 9.17) is 16.3 Å². The Morgan fingerprint density at radius 3 is 2.48 bits per heavy atom. The van der Waals surface area contributed by atoms with E-state index in [1.54, 1.807) is 24.3 Å². The van der Waals surface area contributed by atoms with Crippen molar-refractivity contribution in [3.05, 3.63) is 62.6 Å². The van der Waals surface area contributed by atoms with Gasteiger partial charge in [-0.15, -0.1) is 0 Å². The van der Waals surface area contributed by atoms with E-state index in [9.17, 15) is 4.79 Å². The predicted molar refractivity (Wildman–Crippen MR) is 96.2 cm³/mol. The molecule has 0 heterocycles. The normalized spacial score (nSPS) is 10.8. The molecule has 0 aliphatic carbocycles. The van der Waals surface area contributed by atoms with E-state index in [0.29, 0.717) is 21.9 Å². The van der Waals surface area contributed by atoms with Crippen molar-refractivity contribution in [1.29, 1.82) is 0 Å². The zero-order valence-electron chi connectivity index (χ0n) is 10.9. The quantitative estimate of drug-likeness (QED) is 0.375. The van der Waals surface area contributed by atoms with Crippen molar-refractivity contribution in [1.82, 2.24) is 0 Å². The van der Waals surface area contributed by atoms with Gasteiger partial charge < -0.3 is 4.74 Å². The molecule has 2 rings (SSSR count). The van der Waals surface area contributed by atoms with Crippen LogP contribution in [-0.4, -0.2) is 12.9 Å². The number of hydrogen-bond acceptors (Lipinski definition) is 2. The number of alkyl halides is 2. The van der Waals surface area contributed by atoms with Crippen LogP contribution >= 0.6 is 59.4 Å². The fourth-order valence-corrected chi connectivity index (χ4v) is 3.15. The van der Waals surface area contributed by atoms with Crippen molar-refractivity contribution in [3.63, 3.8) is 0 Å². The highest BCUT2D eigenvalue weighted by Gasteiger charge is 2.16. The largest absolute Gasteiger partial charge is 0.495 e. The number of ether oxygens (including phenoxy) is 1. The molecular weight excluding hydrogens is 487 g/mol. The van der Waals surface area contributed by atoms with Gasteiger partial charge in [-0.1, -0.05) is 65.5 Å². The first-order valence-corrected chi connectivity index (χ1v) is 8.90. The van der Waals surface area contributed by atoms with Crippen LogP contribution in [0.15, 0.2) is 40.9 Å². The number of methoxy groups -OCH3 is 1. The Kier molecular flexibility index (Phi) is 5.88. The maximum absolute atomic E-state index is 12.6. The molecule has 110 valence electrons. The third-order valence-electron chi connectivity index (χ3n) is 2.90. The molecule has 2 aromatic rings. The molecule has 0 N–H and O–H groups in total. The van der Waals surface area contributed by atoms with E-state index in [1.807, 2.05) is 12.1 Å². The van der Waals surface area contributed by atoms with Gasteiger partial charge in [0.05, 0.1) is 15.9 Å². The minimum absolute atomic E-state index is 0.0427. The van der Waals surface area contributed by atoms with E-state index in [-0.39, 0.29) is 9.52 Å². The summed E-state index contributed by atoms with van der Waals surface area (Å²) in [4.78, 5) is 12.6. The summed E-state index contributed by atoms with van der Waals surface area (Å²) in [6, 6.07) is 10.6. The minimum Gasteiger partial charge on any atom is -0.495 e. The lowest BCUT2D eigenvalue weighted by atomic mass is 10.0. The van der Waals surface area contributed by atoms with Gasteiger partial charge in [0.25, 0.3) is 0 Å². The number of ketones is 1. The molecule has 0 amide bonds. The molecule has 2 nitrogen and oxygen atoms in total. The summed E-state index contributed by atoms with van der Waals surface area (Å²) in [7, 11) is 1.52. The third kappa shape index (κ3) is 3.89. The zero-order chi connectivity index (χ0) is 15.6. The third-order valence-corrected chi connectivity index (χ3v) is 4.93. The van der Waals surface area contributed by atoms with E-state index < -0.39 is 0 Å². The second-order valence-corrected chi connectivity index (χ2v) is 8.54. The number of rotatable bonds is 4. The lowest BCUT2D eigenvalue weighted by Crippen LogP contribution is -2.03. The smallest absolute Gasteiger partial charge is 0.194 e. The summed E-state index contributed by atoms with van der Waals surface area (Å²) in [6.45, 7) is 0. The Hall–Kier alpha value is -0.360. The Bertz CT molecular complexity index is 687. The summed E-state index contributed by atoms with van der Waals surface area (Å²) in [5, 5.41) is 0.477. The average Bonchev–Trinajstić information content (AvgIpc) is 2.46. The highest BCUT2D eigenvalue weighted by atomic mass is 79.9. The Morgan fingerprint density at radius 2 is 1.90 bits per heavy atom. The van der Waals surface area contributed by atoms with Crippen LogP contribution in [0.5, 0.6) is 5.75 Å². The molecule has 0 saturated heterocycles. The van der Waals surface area contributed by atoms with E-state index in [2.05, 4.69) is 47.8 Å². The molecule has 0 saturated carbocycles. The van der Waals surface area contributed by atoms with Gasteiger partial charge in [0.1, 0.15) is 5.75 Å². The Morgan fingerprint density at radius 1 is 1.19 bits per heavy atom. The molecule has 0 fully saturated rings. The van der Waals surface area contributed by atoms with Crippen molar-refractivity contribution in [2.24, 2.45) is 0 Å². The van der Waals surface area contributed by atoms with E-state index in [0.717, 1.165) is 10.0 Å². The van der Waals surface area contributed by atoms with Gasteiger partial charge in [-0.05, 0) is 35.9 Å². The maximum Gasteiger partial charge on any atom is 0.194 e. The summed E-state index contributed by atoms with van der Waals surface area (Å²) < 4.78 is 5.93. The average molecular weight is 497 g/mol. The Labute approximate surface area is 153 Å². The first-order valence-electron chi connectivity index (χ1n) is 5.90. The summed E-state index contributed by atoms with van der Waals surface area (Å²) in [5.74, 6) is 0.389. The topological polar surface area (TPSA) is 26.3 Å². The van der Waals surface area contributed by atoms with Crippen LogP contribution in [0, 0.1) is 0 Å². The molecule has 0 radical (unpaired) electrons. The van der Waals surface area contributed by atoms with Gasteiger partial charge >= 0.3 is 0 Å². The van der Waals surface area contributed by atoms with Gasteiger partial charge in [-0.25, -0.2) is 0 Å². The van der Waals surface area contributed by atoms with Crippen LogP contribution in [0.1, 0.15) is 25.2 Å². The summed E-state index contributed by atoms with van der Waals surface area (Å²) >= 11 is 16.3. The first-order chi connectivity index (χ1) is 9.93. The van der Waals surface area contributed by atoms with Crippen molar-refractivity contribution in [3.8, 4) is 5.75 Å². The lowest BCUT2D eigenvalue weighted by Gasteiger charge is -2.09. The second-order valence-electron chi connectivity index (χ2n) is 4.22. The molecule has 21 heavy (non-hydrogen) atoms. The number of carbonyl (C=O) groups is 1. The van der Waals surface area contributed by atoms with Crippen molar-refractivity contribution < 1.29 is 9.53 Å². The van der Waals surface area contributed by atoms with E-state index in [1.165, 1.54) is 7.11 Å². The molecule has 0 aliphatic rings. The highest BCUT2D eigenvalue weighted by molar-refractivity contribution is 9.24. The van der Waals surface area contributed by atoms with Crippen LogP contribution in [-0.2, 0) is 0 Å². The summed E-state index contributed by atoms with van der Waals surface area (Å²) in [5.41, 5.74) is 2.13. The zero-order valence-corrected chi connectivity index (χ0v) is 16.4. The van der Waals surface area contributed by atoms with Crippen LogP contribution in [0.2, 0.25) is 5.02 Å². The number of hydrogen-bond donors (Lipinski definition) is 0. The van der Waals surface area contributed by atoms with Gasteiger partial charge in [-0.3, -0.25) is 4.79 Å². The molecule has 0 atom stereocenters.